The second-order valence-electron chi connectivity index (χ2n) is 4.93. The first-order valence-electron chi connectivity index (χ1n) is 6.76. The van der Waals surface area contributed by atoms with Crippen molar-refractivity contribution in [2.24, 2.45) is 5.92 Å². The first-order chi connectivity index (χ1) is 9.54. The molecule has 0 atom stereocenters. The summed E-state index contributed by atoms with van der Waals surface area (Å²) < 4.78 is 0. The van der Waals surface area contributed by atoms with E-state index in [4.69, 9.17) is 12.2 Å². The molecule has 0 spiro atoms. The fourth-order valence-corrected chi connectivity index (χ4v) is 2.30. The van der Waals surface area contributed by atoms with Crippen molar-refractivity contribution >= 4 is 28.2 Å². The van der Waals surface area contributed by atoms with Crippen LogP contribution in [0.15, 0.2) is 0 Å². The summed E-state index contributed by atoms with van der Waals surface area (Å²) in [7, 11) is 0. The number of hydrogen-bond donors (Lipinski definition) is 3. The molecule has 20 heavy (non-hydrogen) atoms. The van der Waals surface area contributed by atoms with Crippen LogP contribution >= 0.6 is 11.3 Å². The first-order valence-corrected chi connectivity index (χ1v) is 7.58. The molecule has 5 nitrogen and oxygen atoms in total. The van der Waals surface area contributed by atoms with Crippen molar-refractivity contribution in [3.8, 4) is 12.3 Å². The number of nitrogens with two attached hydrogens (primary N) is 1. The number of carbonyl (C=O) groups excluding carboxylic acids is 1. The van der Waals surface area contributed by atoms with E-state index in [0.717, 1.165) is 25.8 Å². The van der Waals surface area contributed by atoms with Gasteiger partial charge in [0.2, 0.25) is 0 Å². The van der Waals surface area contributed by atoms with Crippen LogP contribution in [0.3, 0.4) is 0 Å². The lowest BCUT2D eigenvalue weighted by Crippen LogP contribution is -2.24. The number of rotatable bonds is 8. The molecule has 0 saturated heterocycles. The largest absolute Gasteiger partial charge is 0.382 e. The van der Waals surface area contributed by atoms with E-state index in [1.54, 1.807) is 0 Å². The Hall–Kier alpha value is -1.74. The summed E-state index contributed by atoms with van der Waals surface area (Å²) in [5.74, 6) is 3.19. The van der Waals surface area contributed by atoms with Crippen molar-refractivity contribution in [1.29, 1.82) is 0 Å². The van der Waals surface area contributed by atoms with E-state index in [1.165, 1.54) is 11.3 Å². The van der Waals surface area contributed by atoms with Crippen LogP contribution in [-0.4, -0.2) is 24.0 Å². The molecular formula is C14H22N4OS. The van der Waals surface area contributed by atoms with E-state index in [-0.39, 0.29) is 11.7 Å². The lowest BCUT2D eigenvalue weighted by atomic mass is 10.2. The average molecular weight is 294 g/mol. The van der Waals surface area contributed by atoms with Crippen molar-refractivity contribution in [2.75, 3.05) is 24.1 Å². The Morgan fingerprint density at radius 1 is 1.50 bits per heavy atom. The van der Waals surface area contributed by atoms with E-state index in [0.29, 0.717) is 22.5 Å². The molecule has 4 N–H and O–H groups in total. The number of carbonyl (C=O) groups is 1. The number of aromatic nitrogens is 1. The molecule has 1 heterocycles. The minimum atomic E-state index is -0.168. The van der Waals surface area contributed by atoms with Crippen LogP contribution in [0, 0.1) is 18.3 Å². The quantitative estimate of drug-likeness (QED) is 0.508. The number of terminal acetylenes is 1. The number of hydrogen-bond acceptors (Lipinski definition) is 5. The van der Waals surface area contributed by atoms with Crippen LogP contribution in [0.25, 0.3) is 0 Å². The minimum absolute atomic E-state index is 0.168. The van der Waals surface area contributed by atoms with Gasteiger partial charge in [-0.25, -0.2) is 4.98 Å². The third-order valence-electron chi connectivity index (χ3n) is 2.55. The Kier molecular flexibility index (Phi) is 6.88. The number of nitrogens with zero attached hydrogens (tertiary/aromatic N) is 1. The highest BCUT2D eigenvalue weighted by Crippen LogP contribution is 2.24. The van der Waals surface area contributed by atoms with E-state index in [1.807, 2.05) is 0 Å². The Bertz CT molecular complexity index is 476. The van der Waals surface area contributed by atoms with Crippen LogP contribution < -0.4 is 16.4 Å². The number of anilines is 2. The first kappa shape index (κ1) is 16.3. The van der Waals surface area contributed by atoms with E-state index in [9.17, 15) is 4.79 Å². The van der Waals surface area contributed by atoms with Crippen LogP contribution in [-0.2, 0) is 0 Å². The smallest absolute Gasteiger partial charge is 0.265 e. The van der Waals surface area contributed by atoms with Crippen molar-refractivity contribution in [3.63, 3.8) is 0 Å². The van der Waals surface area contributed by atoms with Gasteiger partial charge in [-0.2, -0.15) is 0 Å². The van der Waals surface area contributed by atoms with Crippen LogP contribution in [0.2, 0.25) is 0 Å². The minimum Gasteiger partial charge on any atom is -0.382 e. The van der Waals surface area contributed by atoms with Crippen LogP contribution in [0.5, 0.6) is 0 Å². The Morgan fingerprint density at radius 3 is 2.90 bits per heavy atom. The lowest BCUT2D eigenvalue weighted by molar-refractivity contribution is 0.0958. The standard InChI is InChI=1S/C14H22N4OS/c1-4-5-6-7-8-16-13(19)11-12(15)18-14(20-11)17-9-10(2)3/h1,10H,5-9,15H2,2-3H3,(H,16,19)(H,17,18). The predicted octanol–water partition coefficient (Wildman–Crippen LogP) is 2.33. The molecule has 0 aromatic carbocycles. The summed E-state index contributed by atoms with van der Waals surface area (Å²) in [4.78, 5) is 16.6. The van der Waals surface area contributed by atoms with Gasteiger partial charge in [-0.05, 0) is 18.8 Å². The molecule has 0 radical (unpaired) electrons. The van der Waals surface area contributed by atoms with Gasteiger partial charge < -0.3 is 16.4 Å². The van der Waals surface area contributed by atoms with Crippen LogP contribution in [0.4, 0.5) is 10.9 Å². The molecule has 0 unspecified atom stereocenters. The number of nitrogens with one attached hydrogen (secondary N) is 2. The van der Waals surface area contributed by atoms with Gasteiger partial charge in [0.25, 0.3) is 5.91 Å². The van der Waals surface area contributed by atoms with Gasteiger partial charge in [-0.3, -0.25) is 4.79 Å². The molecule has 6 heteroatoms. The number of unbranched alkanes of at least 4 members (excludes halogenated alkanes) is 2. The highest BCUT2D eigenvalue weighted by Gasteiger charge is 2.15. The maximum Gasteiger partial charge on any atom is 0.265 e. The van der Waals surface area contributed by atoms with Gasteiger partial charge in [0.1, 0.15) is 10.7 Å². The second kappa shape index (κ2) is 8.43. The molecule has 0 bridgehead atoms. The maximum absolute atomic E-state index is 12.0. The molecule has 0 aliphatic heterocycles. The lowest BCUT2D eigenvalue weighted by Gasteiger charge is -2.04. The fourth-order valence-electron chi connectivity index (χ4n) is 1.50. The Labute approximate surface area is 124 Å². The third-order valence-corrected chi connectivity index (χ3v) is 3.58. The third kappa shape index (κ3) is 5.49. The van der Waals surface area contributed by atoms with Gasteiger partial charge in [-0.1, -0.05) is 25.2 Å². The molecule has 0 aliphatic rings. The zero-order chi connectivity index (χ0) is 15.0. The summed E-state index contributed by atoms with van der Waals surface area (Å²) in [6, 6.07) is 0. The molecule has 1 amide bonds. The normalized spacial score (nSPS) is 10.3. The molecule has 1 aromatic rings. The van der Waals surface area contributed by atoms with Gasteiger partial charge >= 0.3 is 0 Å². The molecule has 110 valence electrons. The van der Waals surface area contributed by atoms with E-state index >= 15 is 0 Å². The number of amides is 1. The average Bonchev–Trinajstić information content (AvgIpc) is 2.77. The fraction of sp³-hybridized carbons (Fsp3) is 0.571. The van der Waals surface area contributed by atoms with E-state index in [2.05, 4.69) is 35.4 Å². The topological polar surface area (TPSA) is 80.0 Å². The van der Waals surface area contributed by atoms with Gasteiger partial charge in [0, 0.05) is 19.5 Å². The number of thiazole rings is 1. The summed E-state index contributed by atoms with van der Waals surface area (Å²) in [6.45, 7) is 5.62. The van der Waals surface area contributed by atoms with Crippen molar-refractivity contribution in [2.45, 2.75) is 33.1 Å². The predicted molar refractivity (Wildman–Crippen MR) is 84.9 cm³/mol. The van der Waals surface area contributed by atoms with Gasteiger partial charge in [-0.15, -0.1) is 12.3 Å². The molecule has 0 saturated carbocycles. The second-order valence-corrected chi connectivity index (χ2v) is 5.92. The van der Waals surface area contributed by atoms with Gasteiger partial charge in [0.15, 0.2) is 5.13 Å². The van der Waals surface area contributed by atoms with Gasteiger partial charge in [0.05, 0.1) is 0 Å². The summed E-state index contributed by atoms with van der Waals surface area (Å²) in [5.41, 5.74) is 5.77. The summed E-state index contributed by atoms with van der Waals surface area (Å²) >= 11 is 1.29. The maximum atomic E-state index is 12.0. The Morgan fingerprint density at radius 2 is 2.25 bits per heavy atom. The molecule has 1 aromatic heterocycles. The zero-order valence-electron chi connectivity index (χ0n) is 12.0. The summed E-state index contributed by atoms with van der Waals surface area (Å²) in [6.07, 6.45) is 7.69. The molecule has 0 aliphatic carbocycles. The number of nitrogen functional groups attached to an aromatic ring is 1. The molecular weight excluding hydrogens is 272 g/mol. The zero-order valence-corrected chi connectivity index (χ0v) is 12.8. The van der Waals surface area contributed by atoms with Crippen molar-refractivity contribution in [1.82, 2.24) is 10.3 Å². The highest BCUT2D eigenvalue weighted by molar-refractivity contribution is 7.18. The highest BCUT2D eigenvalue weighted by atomic mass is 32.1. The molecule has 1 rings (SSSR count). The van der Waals surface area contributed by atoms with Crippen LogP contribution in [0.1, 0.15) is 42.8 Å². The summed E-state index contributed by atoms with van der Waals surface area (Å²) in [5, 5.41) is 6.69. The monoisotopic (exact) mass is 294 g/mol. The molecule has 0 fully saturated rings. The van der Waals surface area contributed by atoms with Crippen molar-refractivity contribution in [3.05, 3.63) is 4.88 Å². The van der Waals surface area contributed by atoms with Crippen molar-refractivity contribution < 1.29 is 4.79 Å². The SMILES string of the molecule is C#CCCCCNC(=O)c1sc(NCC(C)C)nc1N. The van der Waals surface area contributed by atoms with E-state index < -0.39 is 0 Å². The Balaban J connectivity index is 2.45.